The monoisotopic (exact) mass is 464 g/mol. The van der Waals surface area contributed by atoms with Gasteiger partial charge < -0.3 is 9.80 Å². The summed E-state index contributed by atoms with van der Waals surface area (Å²) in [5.41, 5.74) is -7.59. The predicted molar refractivity (Wildman–Crippen MR) is 78.0 cm³/mol. The molecule has 0 spiro atoms. The molecule has 1 aliphatic rings. The molecule has 0 fully saturated rings. The molecular weight excluding hydrogens is 454 g/mol. The lowest BCUT2D eigenvalue weighted by molar-refractivity contribution is -0.383. The molecule has 0 aliphatic carbocycles. The highest BCUT2D eigenvalue weighted by Gasteiger charge is 2.85. The van der Waals surface area contributed by atoms with Gasteiger partial charge in [-0.1, -0.05) is 12.1 Å². The first-order valence-electron chi connectivity index (χ1n) is 7.16. The quantitative estimate of drug-likeness (QED) is 0.384. The Hall–Kier alpha value is -1.97. The van der Waals surface area contributed by atoms with Crippen LogP contribution in [-0.2, 0) is 14.3 Å². The topological polar surface area (TPSA) is 49.9 Å². The van der Waals surface area contributed by atoms with Crippen LogP contribution in [0.1, 0.15) is 0 Å². The first-order chi connectivity index (χ1) is 12.8. The molecule has 166 valence electrons. The zero-order valence-corrected chi connectivity index (χ0v) is 14.9. The van der Waals surface area contributed by atoms with Crippen molar-refractivity contribution in [1.29, 1.82) is 0 Å². The van der Waals surface area contributed by atoms with E-state index in [1.807, 2.05) is 0 Å². The Morgan fingerprint density at radius 3 is 1.52 bits per heavy atom. The van der Waals surface area contributed by atoms with E-state index in [1.165, 1.54) is 0 Å². The summed E-state index contributed by atoms with van der Waals surface area (Å²) in [6.45, 7) is 0. The first kappa shape index (κ1) is 23.3. The summed E-state index contributed by atoms with van der Waals surface area (Å²) < 4.78 is 160. The van der Waals surface area contributed by atoms with E-state index in [9.17, 15) is 52.3 Å². The van der Waals surface area contributed by atoms with Crippen molar-refractivity contribution < 1.29 is 56.5 Å². The fourth-order valence-electron chi connectivity index (χ4n) is 2.75. The van der Waals surface area contributed by atoms with Crippen LogP contribution in [0.4, 0.5) is 55.3 Å². The number of para-hydroxylation sites is 2. The van der Waals surface area contributed by atoms with Gasteiger partial charge in [0, 0.05) is 14.1 Å². The van der Waals surface area contributed by atoms with Crippen molar-refractivity contribution in [3.8, 4) is 0 Å². The molecule has 0 N–H and O–H groups in total. The standard InChI is InChI=1S/C13H10F10N2O3S/c1-24-7-5-3-4-6-8(7)25(2)12(24,28-29(26,27)13(21,22)23)10(16,17)9(14,15)11(18,19)20/h3-6H,1-2H3. The van der Waals surface area contributed by atoms with Gasteiger partial charge in [0.25, 0.3) is 0 Å². The van der Waals surface area contributed by atoms with Crippen LogP contribution in [0.5, 0.6) is 0 Å². The highest BCUT2D eigenvalue weighted by molar-refractivity contribution is 7.87. The maximum Gasteiger partial charge on any atom is 0.523 e. The molecule has 0 saturated heterocycles. The van der Waals surface area contributed by atoms with Gasteiger partial charge in [-0.3, -0.25) is 0 Å². The Bertz CT molecular complexity index is 868. The SMILES string of the molecule is CN1c2ccccc2N(C)C1(OS(=O)(=O)C(F)(F)F)C(F)(F)C(F)(F)C(F)(F)F. The lowest BCUT2D eigenvalue weighted by Gasteiger charge is -2.47. The van der Waals surface area contributed by atoms with Crippen molar-refractivity contribution in [3.05, 3.63) is 24.3 Å². The van der Waals surface area contributed by atoms with Gasteiger partial charge in [-0.05, 0) is 12.1 Å². The third-order valence-corrected chi connectivity index (χ3v) is 5.20. The zero-order valence-electron chi connectivity index (χ0n) is 14.1. The van der Waals surface area contributed by atoms with Gasteiger partial charge in [-0.2, -0.15) is 52.3 Å². The number of benzene rings is 1. The first-order valence-corrected chi connectivity index (χ1v) is 8.57. The van der Waals surface area contributed by atoms with Crippen molar-refractivity contribution in [2.45, 2.75) is 29.4 Å². The van der Waals surface area contributed by atoms with Crippen LogP contribution < -0.4 is 9.80 Å². The molecule has 0 amide bonds. The van der Waals surface area contributed by atoms with Gasteiger partial charge in [-0.25, -0.2) is 4.18 Å². The van der Waals surface area contributed by atoms with Gasteiger partial charge in [0.2, 0.25) is 0 Å². The van der Waals surface area contributed by atoms with E-state index in [1.54, 1.807) is 0 Å². The average molecular weight is 464 g/mol. The third-order valence-electron chi connectivity index (χ3n) is 4.18. The fourth-order valence-corrected chi connectivity index (χ4v) is 3.48. The van der Waals surface area contributed by atoms with Crippen molar-refractivity contribution in [2.24, 2.45) is 0 Å². The Kier molecular flexibility index (Phi) is 5.03. The molecule has 1 aromatic rings. The third kappa shape index (κ3) is 2.98. The van der Waals surface area contributed by atoms with E-state index in [0.717, 1.165) is 24.3 Å². The average Bonchev–Trinajstić information content (AvgIpc) is 2.76. The Morgan fingerprint density at radius 2 is 1.21 bits per heavy atom. The lowest BCUT2D eigenvalue weighted by Crippen LogP contribution is -2.75. The normalized spacial score (nSPS) is 18.2. The summed E-state index contributed by atoms with van der Waals surface area (Å²) in [5, 5.41) is 0. The van der Waals surface area contributed by atoms with Crippen LogP contribution in [0.2, 0.25) is 0 Å². The number of fused-ring (bicyclic) bond motifs is 1. The second-order valence-electron chi connectivity index (χ2n) is 5.84. The molecule has 29 heavy (non-hydrogen) atoms. The van der Waals surface area contributed by atoms with Gasteiger partial charge in [-0.15, -0.1) is 0 Å². The van der Waals surface area contributed by atoms with Crippen LogP contribution in [0, 0.1) is 0 Å². The summed E-state index contributed by atoms with van der Waals surface area (Å²) in [6, 6.07) is 3.94. The number of alkyl halides is 10. The van der Waals surface area contributed by atoms with Gasteiger partial charge in [0.15, 0.2) is 0 Å². The minimum Gasteiger partial charge on any atom is -0.321 e. The molecule has 0 radical (unpaired) electrons. The highest BCUT2D eigenvalue weighted by atomic mass is 32.2. The largest absolute Gasteiger partial charge is 0.523 e. The molecule has 0 aromatic heterocycles. The lowest BCUT2D eigenvalue weighted by atomic mass is 10.0. The van der Waals surface area contributed by atoms with Crippen molar-refractivity contribution in [3.63, 3.8) is 0 Å². The minimum atomic E-state index is -7.08. The molecule has 16 heteroatoms. The summed E-state index contributed by atoms with van der Waals surface area (Å²) in [7, 11) is -6.31. The fraction of sp³-hybridized carbons (Fsp3) is 0.538. The molecule has 1 aliphatic heterocycles. The Morgan fingerprint density at radius 1 is 0.828 bits per heavy atom. The Labute approximate surface area is 156 Å². The zero-order chi connectivity index (χ0) is 22.8. The smallest absolute Gasteiger partial charge is 0.321 e. The van der Waals surface area contributed by atoms with Crippen LogP contribution >= 0.6 is 0 Å². The molecule has 0 unspecified atom stereocenters. The molecule has 1 heterocycles. The summed E-state index contributed by atoms with van der Waals surface area (Å²) in [5.74, 6) is -18.3. The van der Waals surface area contributed by atoms with Crippen LogP contribution in [0.3, 0.4) is 0 Å². The van der Waals surface area contributed by atoms with E-state index >= 15 is 0 Å². The van der Waals surface area contributed by atoms with Crippen LogP contribution in [0.25, 0.3) is 0 Å². The Balaban J connectivity index is 2.86. The number of anilines is 2. The maximum atomic E-state index is 14.7. The summed E-state index contributed by atoms with van der Waals surface area (Å²) in [6.07, 6.45) is -6.97. The summed E-state index contributed by atoms with van der Waals surface area (Å²) in [4.78, 5) is -0.462. The van der Waals surface area contributed by atoms with E-state index in [0.29, 0.717) is 14.1 Å². The maximum absolute atomic E-state index is 14.7. The second kappa shape index (κ2) is 6.26. The van der Waals surface area contributed by atoms with Crippen molar-refractivity contribution in [1.82, 2.24) is 0 Å². The van der Waals surface area contributed by atoms with Crippen molar-refractivity contribution in [2.75, 3.05) is 23.9 Å². The van der Waals surface area contributed by atoms with E-state index in [2.05, 4.69) is 4.18 Å². The molecule has 5 nitrogen and oxygen atoms in total. The van der Waals surface area contributed by atoms with E-state index in [-0.39, 0.29) is 9.80 Å². The molecule has 0 saturated carbocycles. The number of rotatable bonds is 4. The molecule has 0 atom stereocenters. The molecule has 1 aromatic carbocycles. The minimum absolute atomic E-state index is 0.231. The van der Waals surface area contributed by atoms with Gasteiger partial charge in [0.05, 0.1) is 11.4 Å². The molecular formula is C13H10F10N2O3S. The van der Waals surface area contributed by atoms with Gasteiger partial charge in [0.1, 0.15) is 0 Å². The van der Waals surface area contributed by atoms with E-state index in [4.69, 9.17) is 0 Å². The number of nitrogens with zero attached hydrogens (tertiary/aromatic N) is 2. The predicted octanol–water partition coefficient (Wildman–Crippen LogP) is 3.93. The van der Waals surface area contributed by atoms with Gasteiger partial charge >= 0.3 is 39.5 Å². The number of halogens is 10. The van der Waals surface area contributed by atoms with Crippen LogP contribution in [-0.4, -0.2) is 51.9 Å². The van der Waals surface area contributed by atoms with E-state index < -0.39 is 50.9 Å². The molecule has 0 bridgehead atoms. The molecule has 2 rings (SSSR count). The second-order valence-corrected chi connectivity index (χ2v) is 7.38. The van der Waals surface area contributed by atoms with Crippen LogP contribution in [0.15, 0.2) is 24.3 Å². The number of hydrogen-bond donors (Lipinski definition) is 0. The highest BCUT2D eigenvalue weighted by Crippen LogP contribution is 2.59. The number of hydrogen-bond acceptors (Lipinski definition) is 5. The van der Waals surface area contributed by atoms with Crippen molar-refractivity contribution >= 4 is 21.5 Å². The summed E-state index contributed by atoms with van der Waals surface area (Å²) >= 11 is 0.